The third-order valence-corrected chi connectivity index (χ3v) is 3.12. The van der Waals surface area contributed by atoms with Gasteiger partial charge in [0.2, 0.25) is 0 Å². The normalized spacial score (nSPS) is 10.6. The van der Waals surface area contributed by atoms with Crippen molar-refractivity contribution < 1.29 is 0 Å². The van der Waals surface area contributed by atoms with Gasteiger partial charge >= 0.3 is 0 Å². The lowest BCUT2D eigenvalue weighted by molar-refractivity contribution is 0.681. The van der Waals surface area contributed by atoms with Gasteiger partial charge in [-0.1, -0.05) is 29.3 Å². The summed E-state index contributed by atoms with van der Waals surface area (Å²) >= 11 is 14.0. The van der Waals surface area contributed by atoms with Crippen LogP contribution < -0.4 is 0 Å². The van der Waals surface area contributed by atoms with Gasteiger partial charge in [-0.3, -0.25) is 4.68 Å². The van der Waals surface area contributed by atoms with Crippen molar-refractivity contribution in [1.29, 1.82) is 0 Å². The molecule has 2 rings (SSSR count). The lowest BCUT2D eigenvalue weighted by atomic mass is 10.2. The summed E-state index contributed by atoms with van der Waals surface area (Å²) in [5.41, 5.74) is 1.01. The summed E-state index contributed by atoms with van der Waals surface area (Å²) in [7, 11) is 0. The van der Waals surface area contributed by atoms with Crippen LogP contribution in [0.15, 0.2) is 30.5 Å². The van der Waals surface area contributed by atoms with Gasteiger partial charge in [0.25, 0.3) is 0 Å². The molecule has 1 heterocycles. The number of halogens is 3. The number of benzene rings is 1. The first-order valence-corrected chi connectivity index (χ1v) is 6.11. The molecule has 5 heteroatoms. The fourth-order valence-electron chi connectivity index (χ4n) is 1.25. The molecule has 15 heavy (non-hydrogen) atoms. The molecule has 0 amide bonds. The molecule has 0 N–H and O–H groups in total. The number of hydrogen-bond acceptors (Lipinski definition) is 1. The second kappa shape index (κ2) is 4.72. The van der Waals surface area contributed by atoms with Gasteiger partial charge in [0.1, 0.15) is 3.70 Å². The first-order valence-electron chi connectivity index (χ1n) is 4.28. The molecule has 0 atom stereocenters. The second-order valence-corrected chi connectivity index (χ2v) is 5.02. The molecule has 0 aliphatic carbocycles. The Morgan fingerprint density at radius 2 is 2.07 bits per heavy atom. The Morgan fingerprint density at radius 1 is 1.27 bits per heavy atom. The molecule has 1 aromatic heterocycles. The van der Waals surface area contributed by atoms with E-state index in [2.05, 4.69) is 27.7 Å². The quantitative estimate of drug-likeness (QED) is 0.751. The molecule has 0 bridgehead atoms. The highest BCUT2D eigenvalue weighted by Crippen LogP contribution is 2.21. The van der Waals surface area contributed by atoms with Crippen molar-refractivity contribution in [3.63, 3.8) is 0 Å². The summed E-state index contributed by atoms with van der Waals surface area (Å²) < 4.78 is 2.81. The van der Waals surface area contributed by atoms with Crippen LogP contribution in [0.4, 0.5) is 0 Å². The summed E-state index contributed by atoms with van der Waals surface area (Å²) in [6.45, 7) is 0.666. The Bertz CT molecular complexity index is 482. The van der Waals surface area contributed by atoms with E-state index in [1.807, 2.05) is 29.1 Å². The second-order valence-electron chi connectivity index (χ2n) is 3.07. The highest BCUT2D eigenvalue weighted by Gasteiger charge is 2.03. The minimum Gasteiger partial charge on any atom is -0.267 e. The highest BCUT2D eigenvalue weighted by atomic mass is 127. The van der Waals surface area contributed by atoms with Crippen molar-refractivity contribution in [1.82, 2.24) is 9.78 Å². The summed E-state index contributed by atoms with van der Waals surface area (Å²) in [5, 5.41) is 5.61. The fraction of sp³-hybridized carbons (Fsp3) is 0.100. The van der Waals surface area contributed by atoms with E-state index in [0.29, 0.717) is 16.6 Å². The molecule has 78 valence electrons. The van der Waals surface area contributed by atoms with Gasteiger partial charge in [0.05, 0.1) is 6.54 Å². The van der Waals surface area contributed by atoms with Crippen LogP contribution in [0.1, 0.15) is 5.56 Å². The van der Waals surface area contributed by atoms with Gasteiger partial charge < -0.3 is 0 Å². The number of rotatable bonds is 2. The zero-order valence-electron chi connectivity index (χ0n) is 7.62. The predicted octanol–water partition coefficient (Wildman–Crippen LogP) is 3.84. The van der Waals surface area contributed by atoms with Gasteiger partial charge in [0, 0.05) is 16.2 Å². The molecule has 0 radical (unpaired) electrons. The first kappa shape index (κ1) is 11.2. The summed E-state index contributed by atoms with van der Waals surface area (Å²) in [6.07, 6.45) is 1.92. The third kappa shape index (κ3) is 2.86. The Hall–Kier alpha value is -0.260. The molecular weight excluding hydrogens is 346 g/mol. The molecular formula is C10H7Cl2IN2. The largest absolute Gasteiger partial charge is 0.267 e. The van der Waals surface area contributed by atoms with E-state index in [1.54, 1.807) is 6.07 Å². The number of aromatic nitrogens is 2. The predicted molar refractivity (Wildman–Crippen MR) is 70.5 cm³/mol. The molecule has 0 aliphatic heterocycles. The molecule has 0 aliphatic rings. The lowest BCUT2D eigenvalue weighted by Gasteiger charge is -2.04. The van der Waals surface area contributed by atoms with Crippen LogP contribution in [0.25, 0.3) is 0 Å². The molecule has 0 unspecified atom stereocenters. The zero-order chi connectivity index (χ0) is 10.8. The van der Waals surface area contributed by atoms with Crippen LogP contribution in [0.2, 0.25) is 10.0 Å². The van der Waals surface area contributed by atoms with Crippen LogP contribution in [0, 0.1) is 3.70 Å². The van der Waals surface area contributed by atoms with E-state index < -0.39 is 0 Å². The summed E-state index contributed by atoms with van der Waals surface area (Å²) in [4.78, 5) is 0. The van der Waals surface area contributed by atoms with Crippen molar-refractivity contribution in [2.75, 3.05) is 0 Å². The first-order chi connectivity index (χ1) is 7.15. The molecule has 1 aromatic carbocycles. The number of hydrogen-bond donors (Lipinski definition) is 0. The van der Waals surface area contributed by atoms with Crippen molar-refractivity contribution in [3.05, 3.63) is 49.8 Å². The molecule has 2 nitrogen and oxygen atoms in total. The summed E-state index contributed by atoms with van der Waals surface area (Å²) in [5.74, 6) is 0. The zero-order valence-corrected chi connectivity index (χ0v) is 11.3. The van der Waals surface area contributed by atoms with E-state index in [4.69, 9.17) is 23.2 Å². The van der Waals surface area contributed by atoms with E-state index in [1.165, 1.54) is 0 Å². The molecule has 0 saturated carbocycles. The number of nitrogens with zero attached hydrogens (tertiary/aromatic N) is 2. The maximum atomic E-state index is 6.06. The van der Waals surface area contributed by atoms with Crippen molar-refractivity contribution in [3.8, 4) is 0 Å². The Balaban J connectivity index is 2.24. The minimum atomic E-state index is 0.652. The van der Waals surface area contributed by atoms with Gasteiger partial charge in [-0.15, -0.1) is 0 Å². The van der Waals surface area contributed by atoms with Crippen molar-refractivity contribution in [2.45, 2.75) is 6.54 Å². The maximum absolute atomic E-state index is 6.06. The molecule has 0 spiro atoms. The average Bonchev–Trinajstić information content (AvgIpc) is 2.56. The van der Waals surface area contributed by atoms with Crippen LogP contribution in [-0.2, 0) is 6.54 Å². The topological polar surface area (TPSA) is 17.8 Å². The van der Waals surface area contributed by atoms with Gasteiger partial charge in [-0.2, -0.15) is 5.10 Å². The highest BCUT2D eigenvalue weighted by molar-refractivity contribution is 14.1. The van der Waals surface area contributed by atoms with Crippen LogP contribution in [0.5, 0.6) is 0 Å². The molecule has 0 fully saturated rings. The van der Waals surface area contributed by atoms with Crippen molar-refractivity contribution >= 4 is 45.8 Å². The smallest absolute Gasteiger partial charge is 0.123 e. The van der Waals surface area contributed by atoms with Gasteiger partial charge in [-0.05, 0) is 46.4 Å². The SMILES string of the molecule is Clc1ccc(Cn2ccc(I)n2)c(Cl)c1. The van der Waals surface area contributed by atoms with Crippen LogP contribution in [0.3, 0.4) is 0 Å². The lowest BCUT2D eigenvalue weighted by Crippen LogP contribution is -2.00. The summed E-state index contributed by atoms with van der Waals surface area (Å²) in [6, 6.07) is 7.44. The van der Waals surface area contributed by atoms with Crippen LogP contribution >= 0.6 is 45.8 Å². The molecule has 0 saturated heterocycles. The Kier molecular flexibility index (Phi) is 3.53. The third-order valence-electron chi connectivity index (χ3n) is 1.96. The van der Waals surface area contributed by atoms with E-state index >= 15 is 0 Å². The molecule has 2 aromatic rings. The fourth-order valence-corrected chi connectivity index (χ4v) is 2.16. The average molecular weight is 353 g/mol. The van der Waals surface area contributed by atoms with Crippen molar-refractivity contribution in [2.24, 2.45) is 0 Å². The van der Waals surface area contributed by atoms with Gasteiger partial charge in [0.15, 0.2) is 0 Å². The standard InChI is InChI=1S/C10H7Cl2IN2/c11-8-2-1-7(9(12)5-8)6-15-4-3-10(13)14-15/h1-5H,6H2. The Labute approximate surface area is 111 Å². The Morgan fingerprint density at radius 3 is 2.67 bits per heavy atom. The van der Waals surface area contributed by atoms with E-state index in [-0.39, 0.29) is 0 Å². The maximum Gasteiger partial charge on any atom is 0.123 e. The van der Waals surface area contributed by atoms with Gasteiger partial charge in [-0.25, -0.2) is 0 Å². The minimum absolute atomic E-state index is 0.652. The van der Waals surface area contributed by atoms with Crippen LogP contribution in [-0.4, -0.2) is 9.78 Å². The van der Waals surface area contributed by atoms with E-state index in [0.717, 1.165) is 9.26 Å². The van der Waals surface area contributed by atoms with E-state index in [9.17, 15) is 0 Å². The monoisotopic (exact) mass is 352 g/mol.